The summed E-state index contributed by atoms with van der Waals surface area (Å²) in [5.74, 6) is 1.17. The average Bonchev–Trinajstić information content (AvgIpc) is 3.16. The average molecular weight is 505 g/mol. The summed E-state index contributed by atoms with van der Waals surface area (Å²) >= 11 is 0. The molecule has 1 amide bonds. The van der Waals surface area contributed by atoms with E-state index in [1.165, 1.54) is 0 Å². The number of pyridine rings is 1. The number of ether oxygens (including phenoxy) is 2. The van der Waals surface area contributed by atoms with Crippen molar-refractivity contribution in [1.82, 2.24) is 15.6 Å². The van der Waals surface area contributed by atoms with E-state index in [2.05, 4.69) is 25.9 Å². The quantitative estimate of drug-likeness (QED) is 0.195. The number of carbonyl (C=O) groups is 1. The molecular weight excluding hydrogens is 473 g/mol. The lowest BCUT2D eigenvalue weighted by molar-refractivity contribution is -0.116. The van der Waals surface area contributed by atoms with Gasteiger partial charge in [0.15, 0.2) is 5.96 Å². The lowest BCUT2D eigenvalue weighted by Gasteiger charge is -2.13. The van der Waals surface area contributed by atoms with Crippen LogP contribution in [0.4, 0.5) is 5.82 Å². The van der Waals surface area contributed by atoms with Gasteiger partial charge in [-0.15, -0.1) is 24.0 Å². The highest BCUT2D eigenvalue weighted by molar-refractivity contribution is 14.0. The number of hydrogen-bond acceptors (Lipinski definition) is 5. The van der Waals surface area contributed by atoms with Crippen LogP contribution < -0.4 is 16.0 Å². The standard InChI is InChI=1S/C19H31N5O3.HI/c1-15-6-3-8-17(23-15)24-18(25)9-11-22-19(20-2)21-10-5-12-26-14-16-7-4-13-27-16;/h3,6,8,16H,4-5,7,9-14H2,1-2H3,(H2,20,21,22)(H,23,24,25);1H. The Labute approximate surface area is 184 Å². The van der Waals surface area contributed by atoms with Gasteiger partial charge in [0.25, 0.3) is 0 Å². The minimum absolute atomic E-state index is 0. The van der Waals surface area contributed by atoms with Crippen molar-refractivity contribution in [2.24, 2.45) is 4.99 Å². The number of hydrogen-bond donors (Lipinski definition) is 3. The van der Waals surface area contributed by atoms with Gasteiger partial charge in [0.05, 0.1) is 12.7 Å². The van der Waals surface area contributed by atoms with E-state index in [9.17, 15) is 4.79 Å². The van der Waals surface area contributed by atoms with Crippen molar-refractivity contribution >= 4 is 41.7 Å². The van der Waals surface area contributed by atoms with E-state index in [4.69, 9.17) is 9.47 Å². The molecule has 2 heterocycles. The maximum Gasteiger partial charge on any atom is 0.227 e. The fourth-order valence-corrected chi connectivity index (χ4v) is 2.70. The molecule has 0 aromatic carbocycles. The van der Waals surface area contributed by atoms with E-state index in [1.807, 2.05) is 19.1 Å². The Bertz CT molecular complexity index is 609. The summed E-state index contributed by atoms with van der Waals surface area (Å²) in [5.41, 5.74) is 0.871. The Morgan fingerprint density at radius 1 is 1.36 bits per heavy atom. The summed E-state index contributed by atoms with van der Waals surface area (Å²) in [4.78, 5) is 20.4. The number of aryl methyl sites for hydroxylation is 1. The Balaban J connectivity index is 0.00000392. The van der Waals surface area contributed by atoms with Gasteiger partial charge in [-0.3, -0.25) is 9.79 Å². The molecule has 1 aromatic heterocycles. The Kier molecular flexibility index (Phi) is 12.8. The Morgan fingerprint density at radius 3 is 2.89 bits per heavy atom. The molecule has 0 radical (unpaired) electrons. The van der Waals surface area contributed by atoms with E-state index in [0.29, 0.717) is 38.0 Å². The minimum atomic E-state index is -0.0846. The van der Waals surface area contributed by atoms with Crippen molar-refractivity contribution in [3.8, 4) is 0 Å². The highest BCUT2D eigenvalue weighted by Crippen LogP contribution is 2.11. The molecule has 0 saturated carbocycles. The number of guanidine groups is 1. The Morgan fingerprint density at radius 2 is 2.18 bits per heavy atom. The van der Waals surface area contributed by atoms with Crippen LogP contribution in [-0.4, -0.2) is 62.9 Å². The monoisotopic (exact) mass is 505 g/mol. The molecule has 28 heavy (non-hydrogen) atoms. The van der Waals surface area contributed by atoms with Crippen LogP contribution in [0.3, 0.4) is 0 Å². The molecular formula is C19H32IN5O3. The van der Waals surface area contributed by atoms with Crippen LogP contribution in [0.5, 0.6) is 0 Å². The van der Waals surface area contributed by atoms with Crippen LogP contribution in [0.1, 0.15) is 31.4 Å². The lowest BCUT2D eigenvalue weighted by atomic mass is 10.2. The zero-order chi connectivity index (χ0) is 19.3. The van der Waals surface area contributed by atoms with Crippen LogP contribution in [0.15, 0.2) is 23.2 Å². The molecule has 1 aromatic rings. The zero-order valence-corrected chi connectivity index (χ0v) is 19.0. The van der Waals surface area contributed by atoms with Crippen molar-refractivity contribution in [2.45, 2.75) is 38.7 Å². The first-order valence-corrected chi connectivity index (χ1v) is 9.55. The minimum Gasteiger partial charge on any atom is -0.379 e. The number of aromatic nitrogens is 1. The molecule has 1 unspecified atom stereocenters. The first-order valence-electron chi connectivity index (χ1n) is 9.55. The molecule has 1 saturated heterocycles. The summed E-state index contributed by atoms with van der Waals surface area (Å²) < 4.78 is 11.1. The van der Waals surface area contributed by atoms with Gasteiger partial charge < -0.3 is 25.4 Å². The molecule has 0 spiro atoms. The highest BCUT2D eigenvalue weighted by atomic mass is 127. The first-order chi connectivity index (χ1) is 13.2. The summed E-state index contributed by atoms with van der Waals surface area (Å²) in [7, 11) is 1.71. The number of rotatable bonds is 10. The van der Waals surface area contributed by atoms with Gasteiger partial charge in [-0.1, -0.05) is 6.07 Å². The van der Waals surface area contributed by atoms with E-state index < -0.39 is 0 Å². The van der Waals surface area contributed by atoms with Crippen molar-refractivity contribution < 1.29 is 14.3 Å². The topological polar surface area (TPSA) is 96.9 Å². The van der Waals surface area contributed by atoms with Gasteiger partial charge >= 0.3 is 0 Å². The number of nitrogens with one attached hydrogen (secondary N) is 3. The van der Waals surface area contributed by atoms with Gasteiger partial charge in [0.2, 0.25) is 5.91 Å². The zero-order valence-electron chi connectivity index (χ0n) is 16.7. The normalized spacial score (nSPS) is 16.4. The fourth-order valence-electron chi connectivity index (χ4n) is 2.70. The van der Waals surface area contributed by atoms with Gasteiger partial charge in [0.1, 0.15) is 5.82 Å². The van der Waals surface area contributed by atoms with E-state index in [-0.39, 0.29) is 36.0 Å². The van der Waals surface area contributed by atoms with Crippen molar-refractivity contribution in [2.75, 3.05) is 45.3 Å². The second kappa shape index (κ2) is 14.5. The second-order valence-corrected chi connectivity index (χ2v) is 6.45. The van der Waals surface area contributed by atoms with Crippen molar-refractivity contribution in [1.29, 1.82) is 0 Å². The largest absolute Gasteiger partial charge is 0.379 e. The number of anilines is 1. The maximum atomic E-state index is 12.0. The molecule has 1 fully saturated rings. The van der Waals surface area contributed by atoms with Gasteiger partial charge in [-0.05, 0) is 38.3 Å². The van der Waals surface area contributed by atoms with Gasteiger partial charge in [-0.25, -0.2) is 4.98 Å². The second-order valence-electron chi connectivity index (χ2n) is 6.45. The van der Waals surface area contributed by atoms with Crippen LogP contribution in [0.25, 0.3) is 0 Å². The summed E-state index contributed by atoms with van der Waals surface area (Å²) in [5, 5.41) is 9.13. The summed E-state index contributed by atoms with van der Waals surface area (Å²) in [6.07, 6.45) is 3.72. The molecule has 158 valence electrons. The molecule has 0 bridgehead atoms. The van der Waals surface area contributed by atoms with E-state index in [1.54, 1.807) is 13.1 Å². The smallest absolute Gasteiger partial charge is 0.227 e. The fraction of sp³-hybridized carbons (Fsp3) is 0.632. The third kappa shape index (κ3) is 10.2. The molecule has 1 aliphatic heterocycles. The maximum absolute atomic E-state index is 12.0. The SMILES string of the molecule is CN=C(NCCCOCC1CCCO1)NCCC(=O)Nc1cccc(C)n1.I. The van der Waals surface area contributed by atoms with Crippen LogP contribution in [0, 0.1) is 6.92 Å². The Hall–Kier alpha value is -1.46. The third-order valence-electron chi connectivity index (χ3n) is 4.11. The van der Waals surface area contributed by atoms with Crippen LogP contribution in [-0.2, 0) is 14.3 Å². The predicted molar refractivity (Wildman–Crippen MR) is 121 cm³/mol. The predicted octanol–water partition coefficient (Wildman–Crippen LogP) is 2.09. The number of halogens is 1. The number of nitrogens with zero attached hydrogens (tertiary/aromatic N) is 2. The lowest BCUT2D eigenvalue weighted by Crippen LogP contribution is -2.39. The summed E-state index contributed by atoms with van der Waals surface area (Å²) in [6.45, 7) is 5.36. The highest BCUT2D eigenvalue weighted by Gasteiger charge is 2.14. The summed E-state index contributed by atoms with van der Waals surface area (Å²) in [6, 6.07) is 5.53. The third-order valence-corrected chi connectivity index (χ3v) is 4.11. The molecule has 9 heteroatoms. The van der Waals surface area contributed by atoms with Crippen molar-refractivity contribution in [3.63, 3.8) is 0 Å². The van der Waals surface area contributed by atoms with Crippen LogP contribution >= 0.6 is 24.0 Å². The van der Waals surface area contributed by atoms with Gasteiger partial charge in [-0.2, -0.15) is 0 Å². The van der Waals surface area contributed by atoms with E-state index in [0.717, 1.165) is 38.1 Å². The molecule has 8 nitrogen and oxygen atoms in total. The van der Waals surface area contributed by atoms with Crippen molar-refractivity contribution in [3.05, 3.63) is 23.9 Å². The number of aliphatic imine (C=N–C) groups is 1. The first kappa shape index (κ1) is 24.6. The molecule has 3 N–H and O–H groups in total. The van der Waals surface area contributed by atoms with Crippen LogP contribution in [0.2, 0.25) is 0 Å². The molecule has 0 aliphatic carbocycles. The molecule has 2 rings (SSSR count). The molecule has 1 atom stereocenters. The van der Waals surface area contributed by atoms with E-state index >= 15 is 0 Å². The molecule has 1 aliphatic rings. The number of amides is 1. The number of carbonyl (C=O) groups excluding carboxylic acids is 1. The van der Waals surface area contributed by atoms with Gasteiger partial charge in [0, 0.05) is 45.5 Å².